The van der Waals surface area contributed by atoms with Crippen molar-refractivity contribution in [1.29, 1.82) is 0 Å². The van der Waals surface area contributed by atoms with Crippen molar-refractivity contribution in [2.45, 2.75) is 61.3 Å². The first-order chi connectivity index (χ1) is 38.1. The molecule has 3 aromatic carbocycles. The van der Waals surface area contributed by atoms with Crippen LogP contribution in [-0.4, -0.2) is 196 Å². The Bertz CT molecular complexity index is 2720. The number of hydrogen-bond donors (Lipinski definition) is 5. The minimum Gasteiger partial charge on any atom is -0.426 e. The molecule has 0 saturated carbocycles. The van der Waals surface area contributed by atoms with Gasteiger partial charge >= 0.3 is 29.8 Å². The zero-order chi connectivity index (χ0) is 58.7. The number of benzene rings is 3. The van der Waals surface area contributed by atoms with Gasteiger partial charge in [0.25, 0.3) is 11.8 Å². The molecule has 25 nitrogen and oxygen atoms in total. The van der Waals surface area contributed by atoms with Gasteiger partial charge in [0.15, 0.2) is 28.8 Å². The van der Waals surface area contributed by atoms with Gasteiger partial charge in [-0.15, -0.1) is 0 Å². The second-order valence-electron chi connectivity index (χ2n) is 18.5. The number of rotatable bonds is 25. The van der Waals surface area contributed by atoms with Gasteiger partial charge in [0, 0.05) is 137 Å². The van der Waals surface area contributed by atoms with Crippen molar-refractivity contribution in [3.63, 3.8) is 0 Å². The summed E-state index contributed by atoms with van der Waals surface area (Å²) >= 11 is 0. The molecule has 1 aliphatic rings. The zero-order valence-corrected chi connectivity index (χ0v) is 46.5. The summed E-state index contributed by atoms with van der Waals surface area (Å²) in [5.74, 6) is -6.04. The lowest BCUT2D eigenvalue weighted by molar-refractivity contribution is -0.134. The summed E-state index contributed by atoms with van der Waals surface area (Å²) in [5, 5.41) is 14.0. The predicted molar refractivity (Wildman–Crippen MR) is 289 cm³/mol. The number of ketones is 1. The smallest absolute Gasteiger partial charge is 0.308 e. The lowest BCUT2D eigenvalue weighted by atomic mass is 10.0. The van der Waals surface area contributed by atoms with Gasteiger partial charge in [-0.2, -0.15) is 0 Å². The number of carbonyl (C=O) groups excluding carboxylic acids is 11. The Morgan fingerprint density at radius 3 is 1.18 bits per heavy atom. The fourth-order valence-electron chi connectivity index (χ4n) is 8.23. The van der Waals surface area contributed by atoms with Crippen molar-refractivity contribution in [2.75, 3.05) is 111 Å². The fourth-order valence-corrected chi connectivity index (χ4v) is 8.23. The topological polar surface area (TPSA) is 307 Å². The number of carbonyl (C=O) groups is 11. The van der Waals surface area contributed by atoms with E-state index >= 15 is 0 Å². The Kier molecular flexibility index (Phi) is 26.8. The quantitative estimate of drug-likeness (QED) is 0.0343. The van der Waals surface area contributed by atoms with Crippen LogP contribution in [0.2, 0.25) is 0 Å². The summed E-state index contributed by atoms with van der Waals surface area (Å²) in [7, 11) is 0. The normalized spacial score (nSPS) is 13.7. The summed E-state index contributed by atoms with van der Waals surface area (Å²) in [6, 6.07) is 13.4. The van der Waals surface area contributed by atoms with E-state index in [0.717, 1.165) is 20.8 Å². The number of ether oxygens (including phenoxy) is 5. The molecule has 3 aromatic rings. The minimum absolute atomic E-state index is 0.00223. The molecule has 5 N–H and O–H groups in total. The molecule has 1 heterocycles. The SMILES string of the molecule is CCN1CCN(CC(=O)NCCCC(=O)c2cccc(OC(C)=O)c2OC(C)=O)CCN(CC(=O)NCCNC(=O)c2cccc(OC(C)=O)c2OC(C)=O)CCN(CC(=O)NCCNC(=O)c2cccc(OC(C)=O)c2C)CC1. The summed E-state index contributed by atoms with van der Waals surface area (Å²) in [4.78, 5) is 146. The van der Waals surface area contributed by atoms with Crippen LogP contribution in [0.3, 0.4) is 0 Å². The van der Waals surface area contributed by atoms with Gasteiger partial charge in [0.05, 0.1) is 30.8 Å². The maximum atomic E-state index is 13.5. The average Bonchev–Trinajstić information content (AvgIpc) is 3.42. The van der Waals surface area contributed by atoms with Gasteiger partial charge < -0.3 is 55.2 Å². The molecule has 0 aromatic heterocycles. The van der Waals surface area contributed by atoms with E-state index < -0.39 is 47.4 Å². The van der Waals surface area contributed by atoms with E-state index in [1.165, 1.54) is 50.2 Å². The van der Waals surface area contributed by atoms with Gasteiger partial charge in [0.1, 0.15) is 5.75 Å². The molecule has 5 amide bonds. The van der Waals surface area contributed by atoms with Crippen LogP contribution in [0, 0.1) is 6.92 Å². The first-order valence-corrected chi connectivity index (χ1v) is 26.2. The van der Waals surface area contributed by atoms with Crippen LogP contribution in [0.1, 0.15) is 91.0 Å². The third kappa shape index (κ3) is 22.7. The summed E-state index contributed by atoms with van der Waals surface area (Å²) in [6.07, 6.45) is 0.225. The Morgan fingerprint density at radius 1 is 0.412 bits per heavy atom. The molecule has 1 aliphatic heterocycles. The van der Waals surface area contributed by atoms with Gasteiger partial charge in [-0.3, -0.25) is 67.4 Å². The van der Waals surface area contributed by atoms with Crippen molar-refractivity contribution in [3.8, 4) is 28.7 Å². The van der Waals surface area contributed by atoms with Crippen LogP contribution < -0.4 is 50.3 Å². The molecule has 434 valence electrons. The van der Waals surface area contributed by atoms with E-state index in [2.05, 4.69) is 31.5 Å². The summed E-state index contributed by atoms with van der Waals surface area (Å²) < 4.78 is 25.9. The lowest BCUT2D eigenvalue weighted by Gasteiger charge is -2.33. The Labute approximate surface area is 464 Å². The molecule has 0 bridgehead atoms. The van der Waals surface area contributed by atoms with Gasteiger partial charge in [0.2, 0.25) is 17.7 Å². The Morgan fingerprint density at radius 2 is 0.750 bits per heavy atom. The monoisotopic (exact) mass is 1120 g/mol. The van der Waals surface area contributed by atoms with Crippen LogP contribution in [0.4, 0.5) is 0 Å². The van der Waals surface area contributed by atoms with Crippen molar-refractivity contribution >= 4 is 65.2 Å². The minimum atomic E-state index is -0.743. The Hall–Kier alpha value is -8.13. The number of amides is 5. The maximum Gasteiger partial charge on any atom is 0.308 e. The molecule has 0 atom stereocenters. The molecule has 0 aliphatic carbocycles. The van der Waals surface area contributed by atoms with Crippen LogP contribution in [0.15, 0.2) is 54.6 Å². The zero-order valence-electron chi connectivity index (χ0n) is 46.5. The highest BCUT2D eigenvalue weighted by molar-refractivity contribution is 6.01. The summed E-state index contributed by atoms with van der Waals surface area (Å²) in [6.45, 7) is 14.1. The molecule has 80 heavy (non-hydrogen) atoms. The van der Waals surface area contributed by atoms with Crippen LogP contribution in [0.5, 0.6) is 28.7 Å². The van der Waals surface area contributed by atoms with Gasteiger partial charge in [-0.25, -0.2) is 0 Å². The van der Waals surface area contributed by atoms with Crippen LogP contribution >= 0.6 is 0 Å². The van der Waals surface area contributed by atoms with Crippen molar-refractivity contribution in [2.24, 2.45) is 0 Å². The van der Waals surface area contributed by atoms with E-state index in [4.69, 9.17) is 23.7 Å². The number of likely N-dealkylation sites (N-methyl/N-ethyl adjacent to an activating group) is 1. The average molecular weight is 1120 g/mol. The van der Waals surface area contributed by atoms with E-state index in [1.54, 1.807) is 25.1 Å². The second-order valence-corrected chi connectivity index (χ2v) is 18.5. The maximum absolute atomic E-state index is 13.5. The van der Waals surface area contributed by atoms with Gasteiger partial charge in [-0.05, 0) is 56.3 Å². The molecule has 25 heteroatoms. The number of Topliss-reactive ketones (excluding diaryl/α,β-unsaturated/α-hetero) is 1. The van der Waals surface area contributed by atoms with E-state index in [1.807, 2.05) is 21.6 Å². The van der Waals surface area contributed by atoms with Crippen molar-refractivity contribution in [3.05, 3.63) is 76.9 Å². The van der Waals surface area contributed by atoms with E-state index in [9.17, 15) is 52.7 Å². The number of nitrogens with one attached hydrogen (secondary N) is 5. The number of esters is 5. The first kappa shape index (κ1) is 64.4. The highest BCUT2D eigenvalue weighted by Gasteiger charge is 2.24. The van der Waals surface area contributed by atoms with Crippen LogP contribution in [-0.2, 0) is 38.4 Å². The molecule has 4 rings (SSSR count). The van der Waals surface area contributed by atoms with E-state index in [0.29, 0.717) is 70.0 Å². The molecule has 0 spiro atoms. The first-order valence-electron chi connectivity index (χ1n) is 26.2. The second kappa shape index (κ2) is 33.3. The molecule has 1 fully saturated rings. The molecular formula is C55H73N9O16. The molecule has 0 unspecified atom stereocenters. The number of hydrogen-bond acceptors (Lipinski definition) is 20. The molecular weight excluding hydrogens is 1040 g/mol. The fraction of sp³-hybridized carbons (Fsp3) is 0.473. The number of para-hydroxylation sites is 2. The summed E-state index contributed by atoms with van der Waals surface area (Å²) in [5.41, 5.74) is 0.797. The molecule has 1 saturated heterocycles. The largest absolute Gasteiger partial charge is 0.426 e. The predicted octanol–water partition coefficient (Wildman–Crippen LogP) is 1.03. The van der Waals surface area contributed by atoms with Crippen molar-refractivity contribution in [1.82, 2.24) is 46.2 Å². The third-order valence-corrected chi connectivity index (χ3v) is 12.1. The number of nitrogens with zero attached hydrogens (tertiary/aromatic N) is 4. The van der Waals surface area contributed by atoms with Crippen LogP contribution in [0.25, 0.3) is 0 Å². The Balaban J connectivity index is 1.40. The highest BCUT2D eigenvalue weighted by atomic mass is 16.6. The molecule has 0 radical (unpaired) electrons. The lowest BCUT2D eigenvalue weighted by Crippen LogP contribution is -2.51. The van der Waals surface area contributed by atoms with E-state index in [-0.39, 0.29) is 123 Å². The van der Waals surface area contributed by atoms with Gasteiger partial charge in [-0.1, -0.05) is 25.1 Å². The van der Waals surface area contributed by atoms with Crippen molar-refractivity contribution < 1.29 is 76.4 Å². The highest BCUT2D eigenvalue weighted by Crippen LogP contribution is 2.34. The standard InChI is InChI=1S/C55H73N9O16/c1-8-61-25-27-62(33-49(71)56-20-12-16-45(70)43-14-10-18-47(77-38(4)66)52(43)79-40(6)68)29-31-64(35-51(73)58-22-24-60-55(75)44-15-11-19-48(78-39(5)67)53(44)80-41(7)69)32-30-63(28-26-61)34-50(72)57-21-23-59-54(74)42-13-9-17-46(36(42)2)76-37(3)65/h9-11,13-15,17-19H,8,12,16,20-35H2,1-7H3,(H,56,71)(H,57,72)(H,58,73)(H,59,74)(H,60,75). The third-order valence-electron chi connectivity index (χ3n) is 12.1.